The molecular formula is C8H12N4O4. The van der Waals surface area contributed by atoms with Crippen LogP contribution in [0.15, 0.2) is 6.20 Å². The fraction of sp³-hybridized carbons (Fsp3) is 0.625. The van der Waals surface area contributed by atoms with E-state index in [4.69, 9.17) is 15.6 Å². The van der Waals surface area contributed by atoms with Gasteiger partial charge in [-0.2, -0.15) is 0 Å². The molecule has 1 amide bonds. The molecule has 1 aromatic rings. The molecule has 2 rings (SSSR count). The number of carbonyl (C=O) groups is 1. The van der Waals surface area contributed by atoms with Crippen LogP contribution in [0, 0.1) is 0 Å². The van der Waals surface area contributed by atoms with E-state index in [1.54, 1.807) is 0 Å². The van der Waals surface area contributed by atoms with E-state index in [0.717, 1.165) is 0 Å². The number of hydrogen-bond donors (Lipinski definition) is 3. The number of aliphatic hydroxyl groups is 2. The maximum absolute atomic E-state index is 10.8. The number of rotatable bonds is 3. The summed E-state index contributed by atoms with van der Waals surface area (Å²) in [5.41, 5.74) is 5.05. The highest BCUT2D eigenvalue weighted by molar-refractivity contribution is 5.90. The fourth-order valence-electron chi connectivity index (χ4n) is 1.57. The molecule has 1 aromatic heterocycles. The lowest BCUT2D eigenvalue weighted by Gasteiger charge is -2.11. The first kappa shape index (κ1) is 11.0. The summed E-state index contributed by atoms with van der Waals surface area (Å²) in [5.74, 6) is -0.677. The van der Waals surface area contributed by atoms with Crippen molar-refractivity contribution in [3.63, 3.8) is 0 Å². The van der Waals surface area contributed by atoms with E-state index < -0.39 is 24.3 Å². The summed E-state index contributed by atoms with van der Waals surface area (Å²) in [6.07, 6.45) is -0.290. The third kappa shape index (κ3) is 1.90. The summed E-state index contributed by atoms with van der Waals surface area (Å²) in [5, 5.41) is 25.6. The molecule has 3 atom stereocenters. The van der Waals surface area contributed by atoms with Gasteiger partial charge in [-0.3, -0.25) is 4.79 Å². The summed E-state index contributed by atoms with van der Waals surface area (Å²) >= 11 is 0. The molecule has 0 saturated carbocycles. The Bertz CT molecular complexity index is 393. The van der Waals surface area contributed by atoms with Crippen molar-refractivity contribution in [3.8, 4) is 0 Å². The second-order valence-corrected chi connectivity index (χ2v) is 3.56. The SMILES string of the molecule is NC(=O)c1cn([C@H]2C[C@H](O)[C@@H](CO)O2)nn1. The van der Waals surface area contributed by atoms with Crippen molar-refractivity contribution in [2.24, 2.45) is 5.73 Å². The van der Waals surface area contributed by atoms with Crippen LogP contribution < -0.4 is 5.73 Å². The second kappa shape index (κ2) is 4.16. The van der Waals surface area contributed by atoms with Gasteiger partial charge in [-0.15, -0.1) is 5.10 Å². The number of primary amides is 1. The van der Waals surface area contributed by atoms with Crippen LogP contribution in [0.2, 0.25) is 0 Å². The molecule has 0 bridgehead atoms. The molecule has 0 radical (unpaired) electrons. The van der Waals surface area contributed by atoms with Gasteiger partial charge in [-0.25, -0.2) is 4.68 Å². The van der Waals surface area contributed by atoms with Crippen molar-refractivity contribution >= 4 is 5.91 Å². The molecule has 1 fully saturated rings. The van der Waals surface area contributed by atoms with Crippen LogP contribution in [0.5, 0.6) is 0 Å². The molecule has 1 aliphatic heterocycles. The number of aromatic nitrogens is 3. The van der Waals surface area contributed by atoms with Crippen molar-refractivity contribution < 1.29 is 19.7 Å². The minimum atomic E-state index is -0.753. The summed E-state index contributed by atoms with van der Waals surface area (Å²) in [4.78, 5) is 10.8. The molecule has 0 aliphatic carbocycles. The first-order chi connectivity index (χ1) is 7.61. The van der Waals surface area contributed by atoms with E-state index in [1.807, 2.05) is 0 Å². The molecule has 4 N–H and O–H groups in total. The highest BCUT2D eigenvalue weighted by Gasteiger charge is 2.35. The normalized spacial score (nSPS) is 29.5. The van der Waals surface area contributed by atoms with Crippen molar-refractivity contribution in [2.75, 3.05) is 6.61 Å². The molecular weight excluding hydrogens is 216 g/mol. The molecule has 16 heavy (non-hydrogen) atoms. The van der Waals surface area contributed by atoms with Gasteiger partial charge in [0, 0.05) is 6.42 Å². The Labute approximate surface area is 90.6 Å². The fourth-order valence-corrected chi connectivity index (χ4v) is 1.57. The van der Waals surface area contributed by atoms with E-state index in [9.17, 15) is 9.90 Å². The van der Waals surface area contributed by atoms with Crippen LogP contribution in [0.1, 0.15) is 23.1 Å². The van der Waals surface area contributed by atoms with Gasteiger partial charge >= 0.3 is 0 Å². The molecule has 2 heterocycles. The molecule has 0 unspecified atom stereocenters. The topological polar surface area (TPSA) is 123 Å². The largest absolute Gasteiger partial charge is 0.394 e. The summed E-state index contributed by atoms with van der Waals surface area (Å²) in [7, 11) is 0. The van der Waals surface area contributed by atoms with Crippen LogP contribution in [0.25, 0.3) is 0 Å². The number of ether oxygens (including phenoxy) is 1. The first-order valence-corrected chi connectivity index (χ1v) is 4.78. The van der Waals surface area contributed by atoms with Crippen molar-refractivity contribution in [1.29, 1.82) is 0 Å². The molecule has 0 aromatic carbocycles. The van der Waals surface area contributed by atoms with Gasteiger partial charge in [0.2, 0.25) is 0 Å². The van der Waals surface area contributed by atoms with Gasteiger partial charge in [0.15, 0.2) is 11.9 Å². The Balaban J connectivity index is 2.11. The zero-order chi connectivity index (χ0) is 11.7. The second-order valence-electron chi connectivity index (χ2n) is 3.56. The van der Waals surface area contributed by atoms with Crippen LogP contribution in [0.4, 0.5) is 0 Å². The van der Waals surface area contributed by atoms with Gasteiger partial charge in [0.1, 0.15) is 6.10 Å². The van der Waals surface area contributed by atoms with E-state index in [0.29, 0.717) is 0 Å². The average Bonchev–Trinajstić information content (AvgIpc) is 2.83. The zero-order valence-corrected chi connectivity index (χ0v) is 8.35. The Morgan fingerprint density at radius 1 is 1.75 bits per heavy atom. The van der Waals surface area contributed by atoms with Crippen LogP contribution >= 0.6 is 0 Å². The van der Waals surface area contributed by atoms with Gasteiger partial charge in [-0.05, 0) is 0 Å². The standard InChI is InChI=1S/C8H12N4O4/c9-8(15)4-2-12(11-10-4)7-1-5(14)6(3-13)16-7/h2,5-7,13-14H,1,3H2,(H2,9,15)/t5-,6+,7+/m0/s1. The van der Waals surface area contributed by atoms with E-state index >= 15 is 0 Å². The number of amides is 1. The Morgan fingerprint density at radius 3 is 3.00 bits per heavy atom. The molecule has 8 nitrogen and oxygen atoms in total. The smallest absolute Gasteiger partial charge is 0.270 e. The van der Waals surface area contributed by atoms with Gasteiger partial charge in [0.25, 0.3) is 5.91 Å². The number of aliphatic hydroxyl groups excluding tert-OH is 2. The molecule has 0 spiro atoms. The molecule has 1 saturated heterocycles. The quantitative estimate of drug-likeness (QED) is 0.550. The Kier molecular flexibility index (Phi) is 2.86. The number of carbonyl (C=O) groups excluding carboxylic acids is 1. The van der Waals surface area contributed by atoms with Gasteiger partial charge in [-0.1, -0.05) is 5.21 Å². The highest BCUT2D eigenvalue weighted by Crippen LogP contribution is 2.27. The lowest BCUT2D eigenvalue weighted by atomic mass is 10.2. The monoisotopic (exact) mass is 228 g/mol. The molecule has 1 aliphatic rings. The lowest BCUT2D eigenvalue weighted by molar-refractivity contribution is -0.0489. The van der Waals surface area contributed by atoms with E-state index in [-0.39, 0.29) is 18.7 Å². The lowest BCUT2D eigenvalue weighted by Crippen LogP contribution is -2.24. The third-order valence-corrected chi connectivity index (χ3v) is 2.44. The third-order valence-electron chi connectivity index (χ3n) is 2.44. The maximum atomic E-state index is 10.8. The van der Waals surface area contributed by atoms with Crippen molar-refractivity contribution in [2.45, 2.75) is 24.9 Å². The number of nitrogens with zero attached hydrogens (tertiary/aromatic N) is 3. The van der Waals surface area contributed by atoms with Crippen LogP contribution in [-0.2, 0) is 4.74 Å². The van der Waals surface area contributed by atoms with Crippen LogP contribution in [-0.4, -0.2) is 49.9 Å². The van der Waals surface area contributed by atoms with Crippen molar-refractivity contribution in [3.05, 3.63) is 11.9 Å². The number of hydrogen-bond acceptors (Lipinski definition) is 6. The number of nitrogens with two attached hydrogens (primary N) is 1. The maximum Gasteiger partial charge on any atom is 0.270 e. The van der Waals surface area contributed by atoms with Crippen molar-refractivity contribution in [1.82, 2.24) is 15.0 Å². The molecule has 88 valence electrons. The predicted molar refractivity (Wildman–Crippen MR) is 50.2 cm³/mol. The summed E-state index contributed by atoms with van der Waals surface area (Å²) < 4.78 is 6.61. The minimum Gasteiger partial charge on any atom is -0.394 e. The van der Waals surface area contributed by atoms with Gasteiger partial charge < -0.3 is 20.7 Å². The summed E-state index contributed by atoms with van der Waals surface area (Å²) in [6.45, 7) is -0.269. The average molecular weight is 228 g/mol. The first-order valence-electron chi connectivity index (χ1n) is 4.78. The Morgan fingerprint density at radius 2 is 2.50 bits per heavy atom. The molecule has 8 heteroatoms. The van der Waals surface area contributed by atoms with E-state index in [1.165, 1.54) is 10.9 Å². The predicted octanol–water partition coefficient (Wildman–Crippen LogP) is -1.98. The van der Waals surface area contributed by atoms with Crippen LogP contribution in [0.3, 0.4) is 0 Å². The van der Waals surface area contributed by atoms with Gasteiger partial charge in [0.05, 0.1) is 18.9 Å². The minimum absolute atomic E-state index is 0.0329. The highest BCUT2D eigenvalue weighted by atomic mass is 16.5. The summed E-state index contributed by atoms with van der Waals surface area (Å²) in [6, 6.07) is 0. The Hall–Kier alpha value is -1.51. The van der Waals surface area contributed by atoms with E-state index in [2.05, 4.69) is 10.3 Å². The zero-order valence-electron chi connectivity index (χ0n) is 8.35.